The minimum Gasteiger partial charge on any atom is -0.319 e. The van der Waals surface area contributed by atoms with Crippen LogP contribution in [-0.2, 0) is 84.3 Å². The van der Waals surface area contributed by atoms with Gasteiger partial charge in [0.15, 0.2) is 0 Å². The van der Waals surface area contributed by atoms with Crippen LogP contribution in [0.25, 0.3) is 110 Å². The molecule has 10 heterocycles. The van der Waals surface area contributed by atoms with Gasteiger partial charge in [0, 0.05) is 49.6 Å². The molecular formula is C88H60N8Pt4S2. The maximum atomic E-state index is 4.38. The summed E-state index contributed by atoms with van der Waals surface area (Å²) >= 11 is 3.32. The molecule has 10 aromatic heterocycles. The van der Waals surface area contributed by atoms with Gasteiger partial charge in [-0.05, 0) is 105 Å². The number of nitrogens with zero attached hydrogens (tertiary/aromatic N) is 8. The molecule has 0 aliphatic carbocycles. The van der Waals surface area contributed by atoms with Gasteiger partial charge in [0.2, 0.25) is 0 Å². The molecule has 0 N–H and O–H groups in total. The average molecular weight is 2070 g/mol. The standard InChI is InChI=1S/2C13H8N.4C11H8N.2C9H6NS.4Pt/c2*1-2-6-12-10(4-1)7-8-11-5-3-9-14-13(11)12;4*1-2-6-10(7-3-1)11-8-4-5-9-12-11;2*1-2-6-10-8(4-1)9-5-3-7-11-9;;;;/h2*1-5,7-9H;4*1-6,8-9H;2*1-4,6-7H;;;;/q8*-1;4*+2. The van der Waals surface area contributed by atoms with E-state index in [9.17, 15) is 0 Å². The first-order valence-corrected chi connectivity index (χ1v) is 33.0. The third-order valence-electron chi connectivity index (χ3n) is 14.1. The monoisotopic (exact) mass is 2070 g/mol. The Labute approximate surface area is 662 Å². The molecule has 0 spiro atoms. The van der Waals surface area contributed by atoms with E-state index in [4.69, 9.17) is 0 Å². The summed E-state index contributed by atoms with van der Waals surface area (Å²) in [5, 5.41) is 10.9. The molecule has 0 atom stereocenters. The van der Waals surface area contributed by atoms with Crippen LogP contribution in [-0.4, -0.2) is 39.9 Å². The van der Waals surface area contributed by atoms with Crippen molar-refractivity contribution >= 4 is 66.0 Å². The Hall–Kier alpha value is -9.85. The van der Waals surface area contributed by atoms with E-state index in [0.717, 1.165) is 88.0 Å². The van der Waals surface area contributed by atoms with E-state index < -0.39 is 0 Å². The molecule has 0 fully saturated rings. The van der Waals surface area contributed by atoms with E-state index >= 15 is 0 Å². The molecule has 0 saturated heterocycles. The molecule has 0 saturated carbocycles. The number of pyridine rings is 8. The minimum absolute atomic E-state index is 0. The van der Waals surface area contributed by atoms with E-state index in [1.54, 1.807) is 59.9 Å². The minimum atomic E-state index is 0. The normalized spacial score (nSPS) is 9.65. The van der Waals surface area contributed by atoms with Gasteiger partial charge in [0.05, 0.1) is 0 Å². The molecule has 18 aromatic rings. The zero-order valence-electron chi connectivity index (χ0n) is 54.3. The van der Waals surface area contributed by atoms with Gasteiger partial charge < -0.3 is 39.9 Å². The zero-order chi connectivity index (χ0) is 66.7. The van der Waals surface area contributed by atoms with Gasteiger partial charge in [-0.15, -0.1) is 224 Å². The quantitative estimate of drug-likeness (QED) is 0.120. The van der Waals surface area contributed by atoms with E-state index in [2.05, 4.69) is 137 Å². The maximum Gasteiger partial charge on any atom is 2.00 e. The Morgan fingerprint density at radius 2 is 0.461 bits per heavy atom. The third kappa shape index (κ3) is 24.8. The van der Waals surface area contributed by atoms with Gasteiger partial charge in [-0.2, -0.15) is 24.3 Å². The third-order valence-corrected chi connectivity index (χ3v) is 15.8. The van der Waals surface area contributed by atoms with E-state index in [-0.39, 0.29) is 84.3 Å². The summed E-state index contributed by atoms with van der Waals surface area (Å²) in [7, 11) is 0. The summed E-state index contributed by atoms with van der Waals surface area (Å²) in [6.45, 7) is 0. The van der Waals surface area contributed by atoms with Gasteiger partial charge in [-0.25, -0.2) is 22.7 Å². The number of benzene rings is 8. The van der Waals surface area contributed by atoms with E-state index in [1.807, 2.05) is 278 Å². The van der Waals surface area contributed by atoms with E-state index in [1.165, 1.54) is 21.5 Å². The number of fused-ring (bicyclic) bond motifs is 6. The Balaban J connectivity index is 0.000000163. The first-order chi connectivity index (χ1) is 48.7. The second-order valence-electron chi connectivity index (χ2n) is 20.7. The van der Waals surface area contributed by atoms with Crippen LogP contribution in [0.15, 0.2) is 364 Å². The number of hydrogen-bond donors (Lipinski definition) is 0. The fourth-order valence-electron chi connectivity index (χ4n) is 9.52. The molecule has 8 nitrogen and oxygen atoms in total. The van der Waals surface area contributed by atoms with Crippen LogP contribution >= 0.6 is 22.7 Å². The second kappa shape index (κ2) is 45.1. The smallest absolute Gasteiger partial charge is 0.319 e. The summed E-state index contributed by atoms with van der Waals surface area (Å²) in [5.41, 5.74) is 12.1. The Morgan fingerprint density at radius 3 is 0.725 bits per heavy atom. The summed E-state index contributed by atoms with van der Waals surface area (Å²) < 4.78 is 0. The first-order valence-electron chi connectivity index (χ1n) is 31.2. The topological polar surface area (TPSA) is 103 Å². The summed E-state index contributed by atoms with van der Waals surface area (Å²) in [6.07, 6.45) is 14.4. The van der Waals surface area contributed by atoms with Crippen molar-refractivity contribution in [2.24, 2.45) is 0 Å². The van der Waals surface area contributed by atoms with Crippen molar-refractivity contribution in [3.63, 3.8) is 0 Å². The Bertz CT molecular complexity index is 4440. The van der Waals surface area contributed by atoms with Crippen LogP contribution in [0.5, 0.6) is 0 Å². The molecular weight excluding hydrogens is 2010 g/mol. The van der Waals surface area contributed by atoms with Crippen LogP contribution in [0, 0.1) is 48.5 Å². The SMILES string of the molecule is [Pt+2].[Pt+2].[Pt+2].[Pt+2].[c-]1cccc2ccc3cccnc3c12.[c-]1cccc2ccc3cccnc3c12.[c-]1ccccc1-c1ccccn1.[c-]1ccccc1-c1ccccn1.[c-]1ccccc1-c1ccccn1.[c-]1ccccc1-c1ccccn1.[c-]1ccsc1-c1ccccn1.[c-]1ccsc1-c1ccccn1. The largest absolute Gasteiger partial charge is 2.00 e. The van der Waals surface area contributed by atoms with Gasteiger partial charge >= 0.3 is 84.3 Å². The predicted octanol–water partition coefficient (Wildman–Crippen LogP) is 21.8. The van der Waals surface area contributed by atoms with Gasteiger partial charge in [0.25, 0.3) is 0 Å². The summed E-state index contributed by atoms with van der Waals surface area (Å²) in [4.78, 5) is 36.2. The molecule has 8 aromatic carbocycles. The fraction of sp³-hybridized carbons (Fsp3) is 0. The van der Waals surface area contributed by atoms with Crippen LogP contribution in [0.1, 0.15) is 0 Å². The summed E-state index contributed by atoms with van der Waals surface area (Å²) in [6, 6.07) is 124. The van der Waals surface area contributed by atoms with Gasteiger partial charge in [-0.3, -0.25) is 0 Å². The van der Waals surface area contributed by atoms with Crippen molar-refractivity contribution in [3.8, 4) is 66.2 Å². The van der Waals surface area contributed by atoms with Crippen LogP contribution in [0.2, 0.25) is 0 Å². The molecule has 0 bridgehead atoms. The molecule has 0 unspecified atom stereocenters. The van der Waals surface area contributed by atoms with Crippen molar-refractivity contribution in [3.05, 3.63) is 412 Å². The van der Waals surface area contributed by atoms with Crippen molar-refractivity contribution in [1.82, 2.24) is 39.9 Å². The molecule has 0 aliphatic rings. The van der Waals surface area contributed by atoms with Crippen LogP contribution < -0.4 is 0 Å². The zero-order valence-corrected chi connectivity index (χ0v) is 65.0. The van der Waals surface area contributed by atoms with Gasteiger partial charge in [-0.1, -0.05) is 119 Å². The van der Waals surface area contributed by atoms with Crippen molar-refractivity contribution in [2.45, 2.75) is 0 Å². The van der Waals surface area contributed by atoms with Crippen LogP contribution in [0.4, 0.5) is 0 Å². The van der Waals surface area contributed by atoms with Crippen LogP contribution in [0.3, 0.4) is 0 Å². The van der Waals surface area contributed by atoms with E-state index in [0.29, 0.717) is 0 Å². The van der Waals surface area contributed by atoms with Crippen molar-refractivity contribution in [2.75, 3.05) is 0 Å². The number of hydrogen-bond acceptors (Lipinski definition) is 10. The summed E-state index contributed by atoms with van der Waals surface area (Å²) in [5.74, 6) is 0. The number of rotatable bonds is 6. The Morgan fingerprint density at radius 1 is 0.196 bits per heavy atom. The average Bonchev–Trinajstić information content (AvgIpc) is 0.930. The molecule has 0 radical (unpaired) electrons. The molecule has 102 heavy (non-hydrogen) atoms. The molecule has 14 heteroatoms. The van der Waals surface area contributed by atoms with Crippen molar-refractivity contribution < 1.29 is 84.3 Å². The molecule has 504 valence electrons. The fourth-order valence-corrected chi connectivity index (χ4v) is 10.8. The maximum absolute atomic E-state index is 4.38. The molecule has 18 rings (SSSR count). The van der Waals surface area contributed by atoms with Crippen molar-refractivity contribution in [1.29, 1.82) is 0 Å². The predicted molar refractivity (Wildman–Crippen MR) is 403 cm³/mol. The Kier molecular flexibility index (Phi) is 35.1. The number of thiophene rings is 2. The molecule has 0 aliphatic heterocycles. The van der Waals surface area contributed by atoms with Gasteiger partial charge in [0.1, 0.15) is 0 Å². The number of aromatic nitrogens is 8. The first kappa shape index (κ1) is 79.5. The molecule has 0 amide bonds. The second-order valence-corrected chi connectivity index (χ2v) is 22.6.